The molecule has 0 aromatic heterocycles. The zero-order chi connectivity index (χ0) is 28.3. The normalized spacial score (nSPS) is 11.3. The monoisotopic (exact) mass is 532 g/mol. The van der Waals surface area contributed by atoms with Gasteiger partial charge in [-0.05, 0) is 98.4 Å². The average molecular weight is 533 g/mol. The van der Waals surface area contributed by atoms with Crippen LogP contribution in [-0.4, -0.2) is 43.8 Å². The zero-order valence-corrected chi connectivity index (χ0v) is 24.7. The summed E-state index contributed by atoms with van der Waals surface area (Å²) in [4.78, 5) is 16.8. The Morgan fingerprint density at radius 2 is 0.725 bits per heavy atom. The third-order valence-electron chi connectivity index (χ3n) is 7.32. The van der Waals surface area contributed by atoms with E-state index in [-0.39, 0.29) is 0 Å². The Balaban J connectivity index is 1.15. The molecule has 0 saturated carbocycles. The molecule has 3 heteroatoms. The summed E-state index contributed by atoms with van der Waals surface area (Å²) < 4.78 is 0. The van der Waals surface area contributed by atoms with Crippen molar-refractivity contribution in [3.8, 4) is 22.3 Å². The molecule has 4 aromatic rings. The van der Waals surface area contributed by atoms with Gasteiger partial charge in [0.15, 0.2) is 0 Å². The fourth-order valence-corrected chi connectivity index (χ4v) is 5.17. The lowest BCUT2D eigenvalue weighted by Crippen LogP contribution is -2.10. The highest BCUT2D eigenvalue weighted by atomic mass is 16.1. The molecule has 4 rings (SSSR count). The van der Waals surface area contributed by atoms with Crippen molar-refractivity contribution < 1.29 is 4.79 Å². The van der Waals surface area contributed by atoms with Gasteiger partial charge in [-0.2, -0.15) is 0 Å². The smallest absolute Gasteiger partial charge is 0.132 e. The minimum absolute atomic E-state index is 0.379. The third-order valence-corrected chi connectivity index (χ3v) is 7.32. The SMILES string of the molecule is CN(C)Cc1ccc(-c2ccc(CCCC(=O)CCCc3ccc(-c4ccc(CN(C)C)cc4)cc3)cc2)cc1. The van der Waals surface area contributed by atoms with Crippen LogP contribution in [0.4, 0.5) is 0 Å². The Kier molecular flexibility index (Phi) is 10.9. The summed E-state index contributed by atoms with van der Waals surface area (Å²) in [5.74, 6) is 0.379. The van der Waals surface area contributed by atoms with E-state index in [1.54, 1.807) is 0 Å². The van der Waals surface area contributed by atoms with Gasteiger partial charge in [-0.1, -0.05) is 97.1 Å². The lowest BCUT2D eigenvalue weighted by atomic mass is 9.98. The molecule has 0 spiro atoms. The summed E-state index contributed by atoms with van der Waals surface area (Å²) in [5.41, 5.74) is 10.2. The summed E-state index contributed by atoms with van der Waals surface area (Å²) in [5, 5.41) is 0. The maximum atomic E-state index is 12.5. The van der Waals surface area contributed by atoms with Crippen molar-refractivity contribution in [1.29, 1.82) is 0 Å². The van der Waals surface area contributed by atoms with Crippen LogP contribution in [0.3, 0.4) is 0 Å². The van der Waals surface area contributed by atoms with Crippen LogP contribution in [0.25, 0.3) is 22.3 Å². The molecule has 0 radical (unpaired) electrons. The predicted molar refractivity (Wildman–Crippen MR) is 169 cm³/mol. The van der Waals surface area contributed by atoms with Crippen LogP contribution in [0, 0.1) is 0 Å². The van der Waals surface area contributed by atoms with Gasteiger partial charge in [-0.3, -0.25) is 4.79 Å². The van der Waals surface area contributed by atoms with Crippen molar-refractivity contribution in [2.24, 2.45) is 0 Å². The molecule has 0 fully saturated rings. The number of hydrogen-bond donors (Lipinski definition) is 0. The molecule has 0 N–H and O–H groups in total. The van der Waals surface area contributed by atoms with Gasteiger partial charge in [0.05, 0.1) is 0 Å². The van der Waals surface area contributed by atoms with Crippen LogP contribution in [0.2, 0.25) is 0 Å². The molecule has 0 heterocycles. The maximum Gasteiger partial charge on any atom is 0.132 e. The Labute approximate surface area is 241 Å². The van der Waals surface area contributed by atoms with Crippen molar-refractivity contribution in [3.63, 3.8) is 0 Å². The zero-order valence-electron chi connectivity index (χ0n) is 24.7. The number of aryl methyl sites for hydroxylation is 2. The highest BCUT2D eigenvalue weighted by Crippen LogP contribution is 2.23. The van der Waals surface area contributed by atoms with E-state index in [1.165, 1.54) is 44.5 Å². The van der Waals surface area contributed by atoms with E-state index in [9.17, 15) is 4.79 Å². The Hall–Kier alpha value is -3.53. The largest absolute Gasteiger partial charge is 0.305 e. The van der Waals surface area contributed by atoms with Crippen molar-refractivity contribution in [1.82, 2.24) is 9.80 Å². The second-order valence-electron chi connectivity index (χ2n) is 11.5. The number of carbonyl (C=O) groups excluding carboxylic acids is 1. The molecule has 0 bridgehead atoms. The van der Waals surface area contributed by atoms with E-state index in [2.05, 4.69) is 135 Å². The first-order valence-corrected chi connectivity index (χ1v) is 14.5. The molecular formula is C37H44N2O. The molecule has 0 aliphatic heterocycles. The molecule has 0 saturated heterocycles. The quantitative estimate of drug-likeness (QED) is 0.164. The second-order valence-corrected chi connectivity index (χ2v) is 11.5. The molecular weight excluding hydrogens is 488 g/mol. The molecule has 0 amide bonds. The van der Waals surface area contributed by atoms with Crippen molar-refractivity contribution in [2.45, 2.75) is 51.6 Å². The number of Topliss-reactive ketones (excluding diaryl/α,β-unsaturated/α-hetero) is 1. The van der Waals surface area contributed by atoms with Gasteiger partial charge >= 0.3 is 0 Å². The van der Waals surface area contributed by atoms with Gasteiger partial charge in [-0.25, -0.2) is 0 Å². The molecule has 0 aliphatic rings. The number of hydrogen-bond acceptors (Lipinski definition) is 3. The van der Waals surface area contributed by atoms with E-state index in [0.29, 0.717) is 18.6 Å². The molecule has 40 heavy (non-hydrogen) atoms. The number of carbonyl (C=O) groups is 1. The minimum atomic E-state index is 0.379. The lowest BCUT2D eigenvalue weighted by Gasteiger charge is -2.10. The van der Waals surface area contributed by atoms with Crippen molar-refractivity contribution in [3.05, 3.63) is 119 Å². The predicted octanol–water partition coefficient (Wildman–Crippen LogP) is 8.06. The van der Waals surface area contributed by atoms with Crippen molar-refractivity contribution >= 4 is 5.78 Å². The fraction of sp³-hybridized carbons (Fsp3) is 0.324. The number of benzene rings is 4. The van der Waals surface area contributed by atoms with Crippen LogP contribution in [-0.2, 0) is 30.7 Å². The number of rotatable bonds is 14. The number of ketones is 1. The Morgan fingerprint density at radius 3 is 1.00 bits per heavy atom. The second kappa shape index (κ2) is 14.7. The maximum absolute atomic E-state index is 12.5. The lowest BCUT2D eigenvalue weighted by molar-refractivity contribution is -0.119. The van der Waals surface area contributed by atoms with Crippen LogP contribution in [0.15, 0.2) is 97.1 Å². The third kappa shape index (κ3) is 9.29. The molecule has 3 nitrogen and oxygen atoms in total. The van der Waals surface area contributed by atoms with Crippen LogP contribution in [0.1, 0.15) is 47.9 Å². The van der Waals surface area contributed by atoms with Gasteiger partial charge < -0.3 is 9.80 Å². The number of nitrogens with zero attached hydrogens (tertiary/aromatic N) is 2. The Bertz CT molecular complexity index is 1210. The minimum Gasteiger partial charge on any atom is -0.305 e. The molecule has 0 atom stereocenters. The van der Waals surface area contributed by atoms with Gasteiger partial charge in [0.1, 0.15) is 5.78 Å². The summed E-state index contributed by atoms with van der Waals surface area (Å²) in [7, 11) is 8.36. The van der Waals surface area contributed by atoms with Crippen molar-refractivity contribution in [2.75, 3.05) is 28.2 Å². The van der Waals surface area contributed by atoms with Gasteiger partial charge in [0, 0.05) is 25.9 Å². The van der Waals surface area contributed by atoms with Crippen LogP contribution in [0.5, 0.6) is 0 Å². The topological polar surface area (TPSA) is 23.6 Å². The molecule has 4 aromatic carbocycles. The summed E-state index contributed by atoms with van der Waals surface area (Å²) in [6.45, 7) is 1.91. The first-order chi connectivity index (χ1) is 19.4. The summed E-state index contributed by atoms with van der Waals surface area (Å²) in [6, 6.07) is 35.2. The molecule has 208 valence electrons. The van der Waals surface area contributed by atoms with E-state index in [1.807, 2.05) is 0 Å². The fourth-order valence-electron chi connectivity index (χ4n) is 5.17. The highest BCUT2D eigenvalue weighted by Gasteiger charge is 2.06. The van der Waals surface area contributed by atoms with Gasteiger partial charge in [-0.15, -0.1) is 0 Å². The molecule has 0 aliphatic carbocycles. The van der Waals surface area contributed by atoms with E-state index >= 15 is 0 Å². The summed E-state index contributed by atoms with van der Waals surface area (Å²) >= 11 is 0. The van der Waals surface area contributed by atoms with Gasteiger partial charge in [0.25, 0.3) is 0 Å². The van der Waals surface area contributed by atoms with E-state index in [0.717, 1.165) is 38.8 Å². The van der Waals surface area contributed by atoms with Crippen LogP contribution < -0.4 is 0 Å². The highest BCUT2D eigenvalue weighted by molar-refractivity contribution is 5.78. The Morgan fingerprint density at radius 1 is 0.450 bits per heavy atom. The first-order valence-electron chi connectivity index (χ1n) is 14.5. The van der Waals surface area contributed by atoms with Gasteiger partial charge in [0.2, 0.25) is 0 Å². The molecule has 0 unspecified atom stereocenters. The summed E-state index contributed by atoms with van der Waals surface area (Å²) in [6.07, 6.45) is 5.06. The van der Waals surface area contributed by atoms with Crippen LogP contribution >= 0.6 is 0 Å². The average Bonchev–Trinajstić information content (AvgIpc) is 2.94. The standard InChI is InChI=1S/C37H44N2O/c1-38(2)27-31-15-23-35(24-16-31)33-19-11-29(12-20-33)7-5-9-37(40)10-6-8-30-13-21-34(22-14-30)36-25-17-32(18-26-36)28-39(3)4/h11-26H,5-10,27-28H2,1-4H3. The van der Waals surface area contributed by atoms with E-state index < -0.39 is 0 Å². The first kappa shape index (κ1) is 29.5. The van der Waals surface area contributed by atoms with E-state index in [4.69, 9.17) is 0 Å².